The quantitative estimate of drug-likeness (QED) is 0.378. The predicted octanol–water partition coefficient (Wildman–Crippen LogP) is 6.41. The number of hydrogen-bond donors (Lipinski definition) is 0. The van der Waals surface area contributed by atoms with Crippen molar-refractivity contribution in [1.82, 2.24) is 0 Å². The minimum absolute atomic E-state index is 0.728. The summed E-state index contributed by atoms with van der Waals surface area (Å²) in [5, 5.41) is 0. The Kier molecular flexibility index (Phi) is 8.17. The molecule has 0 radical (unpaired) electrons. The minimum atomic E-state index is 0.728. The van der Waals surface area contributed by atoms with Crippen molar-refractivity contribution < 1.29 is 4.74 Å². The Morgan fingerprint density at radius 1 is 1.13 bits per heavy atom. The maximum absolute atomic E-state index is 5.70. The Bertz CT molecular complexity index is 463. The van der Waals surface area contributed by atoms with Crippen LogP contribution in [0.2, 0.25) is 0 Å². The zero-order chi connectivity index (χ0) is 16.3. The van der Waals surface area contributed by atoms with Gasteiger partial charge in [-0.3, -0.25) is 0 Å². The zero-order valence-corrected chi connectivity index (χ0v) is 14.7. The highest BCUT2D eigenvalue weighted by Crippen LogP contribution is 2.36. The first kappa shape index (κ1) is 18.0. The summed E-state index contributed by atoms with van der Waals surface area (Å²) in [6.07, 6.45) is 15.3. The van der Waals surface area contributed by atoms with Crippen LogP contribution in [0.1, 0.15) is 68.9 Å². The van der Waals surface area contributed by atoms with Crippen LogP contribution in [0.5, 0.6) is 0 Å². The Balaban J connectivity index is 1.74. The van der Waals surface area contributed by atoms with E-state index in [-0.39, 0.29) is 0 Å². The number of ether oxygens (including phenoxy) is 1. The molecule has 1 aliphatic carbocycles. The van der Waals surface area contributed by atoms with Gasteiger partial charge in [0, 0.05) is 6.61 Å². The fourth-order valence-electron chi connectivity index (χ4n) is 3.38. The molecule has 0 spiro atoms. The van der Waals surface area contributed by atoms with Crippen molar-refractivity contribution in [2.24, 2.45) is 5.92 Å². The molecule has 1 heteroatoms. The maximum Gasteiger partial charge on any atom is 0.0716 e. The molecule has 1 saturated carbocycles. The van der Waals surface area contributed by atoms with Crippen LogP contribution in [-0.2, 0) is 11.3 Å². The lowest BCUT2D eigenvalue weighted by molar-refractivity contribution is 0.119. The molecule has 2 rings (SSSR count). The van der Waals surface area contributed by atoms with E-state index in [4.69, 9.17) is 4.74 Å². The van der Waals surface area contributed by atoms with Crippen LogP contribution in [0.25, 0.3) is 0 Å². The summed E-state index contributed by atoms with van der Waals surface area (Å²) >= 11 is 0. The van der Waals surface area contributed by atoms with E-state index in [2.05, 4.69) is 49.9 Å². The Morgan fingerprint density at radius 3 is 2.52 bits per heavy atom. The molecule has 1 aliphatic rings. The lowest BCUT2D eigenvalue weighted by Gasteiger charge is -2.27. The lowest BCUT2D eigenvalue weighted by Crippen LogP contribution is -2.11. The second-order valence-electron chi connectivity index (χ2n) is 6.67. The van der Waals surface area contributed by atoms with Crippen molar-refractivity contribution in [2.75, 3.05) is 6.61 Å². The van der Waals surface area contributed by atoms with Crippen LogP contribution >= 0.6 is 0 Å². The molecular formula is C22H32O. The van der Waals surface area contributed by atoms with Gasteiger partial charge in [0.2, 0.25) is 0 Å². The first-order valence-electron chi connectivity index (χ1n) is 9.27. The van der Waals surface area contributed by atoms with Crippen LogP contribution in [0.4, 0.5) is 0 Å². The van der Waals surface area contributed by atoms with Crippen LogP contribution in [0, 0.1) is 5.92 Å². The van der Waals surface area contributed by atoms with Crippen molar-refractivity contribution in [2.45, 2.75) is 64.4 Å². The monoisotopic (exact) mass is 312 g/mol. The summed E-state index contributed by atoms with van der Waals surface area (Å²) < 4.78 is 5.70. The van der Waals surface area contributed by atoms with E-state index in [1.54, 1.807) is 0 Å². The van der Waals surface area contributed by atoms with Crippen molar-refractivity contribution in [3.63, 3.8) is 0 Å². The molecule has 0 bridgehead atoms. The average molecular weight is 312 g/mol. The smallest absolute Gasteiger partial charge is 0.0716 e. The zero-order valence-electron chi connectivity index (χ0n) is 14.7. The van der Waals surface area contributed by atoms with Crippen LogP contribution in [0.3, 0.4) is 0 Å². The van der Waals surface area contributed by atoms with Gasteiger partial charge < -0.3 is 4.74 Å². The van der Waals surface area contributed by atoms with E-state index < -0.39 is 0 Å². The van der Waals surface area contributed by atoms with Crippen LogP contribution < -0.4 is 0 Å². The fraction of sp³-hybridized carbons (Fsp3) is 0.545. The van der Waals surface area contributed by atoms with E-state index in [1.165, 1.54) is 36.8 Å². The summed E-state index contributed by atoms with van der Waals surface area (Å²) in [6, 6.07) is 9.11. The molecule has 0 heterocycles. The highest BCUT2D eigenvalue weighted by atomic mass is 16.5. The molecule has 0 N–H and O–H groups in total. The lowest BCUT2D eigenvalue weighted by atomic mass is 9.78. The van der Waals surface area contributed by atoms with E-state index >= 15 is 0 Å². The van der Waals surface area contributed by atoms with Gasteiger partial charge in [-0.25, -0.2) is 0 Å². The second kappa shape index (κ2) is 10.4. The number of hydrogen-bond acceptors (Lipinski definition) is 1. The molecule has 1 aromatic carbocycles. The second-order valence-corrected chi connectivity index (χ2v) is 6.67. The van der Waals surface area contributed by atoms with E-state index in [9.17, 15) is 0 Å². The Morgan fingerprint density at radius 2 is 1.87 bits per heavy atom. The van der Waals surface area contributed by atoms with Gasteiger partial charge >= 0.3 is 0 Å². The third-order valence-corrected chi connectivity index (χ3v) is 4.83. The molecule has 23 heavy (non-hydrogen) atoms. The van der Waals surface area contributed by atoms with Gasteiger partial charge in [0.05, 0.1) is 6.61 Å². The number of unbranched alkanes of at least 4 members (excludes halogenated alkanes) is 1. The fourth-order valence-corrected chi connectivity index (χ4v) is 3.38. The van der Waals surface area contributed by atoms with Gasteiger partial charge in [-0.1, -0.05) is 49.4 Å². The number of rotatable bonds is 9. The van der Waals surface area contributed by atoms with E-state index in [0.717, 1.165) is 44.3 Å². The van der Waals surface area contributed by atoms with Crippen molar-refractivity contribution in [3.8, 4) is 0 Å². The van der Waals surface area contributed by atoms with Gasteiger partial charge in [0.25, 0.3) is 0 Å². The van der Waals surface area contributed by atoms with E-state index in [1.807, 2.05) is 6.08 Å². The first-order chi connectivity index (χ1) is 11.3. The molecule has 0 aliphatic heterocycles. The molecule has 126 valence electrons. The predicted molar refractivity (Wildman–Crippen MR) is 99.7 cm³/mol. The summed E-state index contributed by atoms with van der Waals surface area (Å²) in [7, 11) is 0. The third-order valence-electron chi connectivity index (χ3n) is 4.83. The van der Waals surface area contributed by atoms with Crippen molar-refractivity contribution in [3.05, 3.63) is 60.2 Å². The molecule has 0 unspecified atom stereocenters. The van der Waals surface area contributed by atoms with Gasteiger partial charge in [-0.15, -0.1) is 6.58 Å². The molecule has 1 nitrogen and oxygen atoms in total. The highest BCUT2D eigenvalue weighted by Gasteiger charge is 2.20. The van der Waals surface area contributed by atoms with Crippen LogP contribution in [0.15, 0.2) is 49.1 Å². The average Bonchev–Trinajstić information content (AvgIpc) is 2.61. The SMILES string of the molecule is C=CCCCOCc1ccc(C2CCC(C=CCC)CC2)cc1. The Hall–Kier alpha value is -1.34. The molecule has 1 fully saturated rings. The Labute approximate surface area is 142 Å². The standard InChI is InChI=1S/C22H32O/c1-3-5-7-17-23-18-20-11-15-22(16-12-20)21-13-9-19(10-14-21)8-6-4-2/h3,6,8,11-12,15-16,19,21H,1,4-5,7,9-10,13-14,17-18H2,2H3. The number of allylic oxidation sites excluding steroid dienone is 3. The molecule has 0 aromatic heterocycles. The summed E-state index contributed by atoms with van der Waals surface area (Å²) in [5.41, 5.74) is 2.80. The summed E-state index contributed by atoms with van der Waals surface area (Å²) in [4.78, 5) is 0. The largest absolute Gasteiger partial charge is 0.377 e. The van der Waals surface area contributed by atoms with Crippen LogP contribution in [-0.4, -0.2) is 6.61 Å². The minimum Gasteiger partial charge on any atom is -0.377 e. The first-order valence-corrected chi connectivity index (χ1v) is 9.27. The molecular weight excluding hydrogens is 280 g/mol. The van der Waals surface area contributed by atoms with Gasteiger partial charge in [0.15, 0.2) is 0 Å². The van der Waals surface area contributed by atoms with Gasteiger partial charge in [0.1, 0.15) is 0 Å². The summed E-state index contributed by atoms with van der Waals surface area (Å²) in [6.45, 7) is 7.50. The topological polar surface area (TPSA) is 9.23 Å². The van der Waals surface area contributed by atoms with Gasteiger partial charge in [-0.05, 0) is 67.9 Å². The van der Waals surface area contributed by atoms with Gasteiger partial charge in [-0.2, -0.15) is 0 Å². The molecule has 1 aromatic rings. The van der Waals surface area contributed by atoms with Crippen molar-refractivity contribution >= 4 is 0 Å². The molecule has 0 amide bonds. The molecule has 0 saturated heterocycles. The third kappa shape index (κ3) is 6.35. The normalized spacial score (nSPS) is 21.6. The summed E-state index contributed by atoms with van der Waals surface area (Å²) in [5.74, 6) is 1.57. The molecule has 0 atom stereocenters. The maximum atomic E-state index is 5.70. The van der Waals surface area contributed by atoms with Crippen molar-refractivity contribution in [1.29, 1.82) is 0 Å². The van der Waals surface area contributed by atoms with E-state index in [0.29, 0.717) is 0 Å². The highest BCUT2D eigenvalue weighted by molar-refractivity contribution is 5.25. The number of benzene rings is 1.